The Kier molecular flexibility index (Phi) is 6.17. The second-order valence-corrected chi connectivity index (χ2v) is 8.17. The summed E-state index contributed by atoms with van der Waals surface area (Å²) in [5.41, 5.74) is 0.742. The van der Waals surface area contributed by atoms with E-state index in [2.05, 4.69) is 5.32 Å². The van der Waals surface area contributed by atoms with Crippen molar-refractivity contribution in [1.29, 1.82) is 0 Å². The first-order valence-electron chi connectivity index (χ1n) is 7.87. The highest BCUT2D eigenvalue weighted by atomic mass is 32.2. The van der Waals surface area contributed by atoms with E-state index >= 15 is 0 Å². The molecule has 6 nitrogen and oxygen atoms in total. The molecule has 0 aromatic heterocycles. The van der Waals surface area contributed by atoms with Crippen molar-refractivity contribution in [3.8, 4) is 5.75 Å². The number of hydrogen-bond donors (Lipinski definition) is 1. The van der Waals surface area contributed by atoms with Gasteiger partial charge < -0.3 is 10.1 Å². The predicted molar refractivity (Wildman–Crippen MR) is 89.1 cm³/mol. The summed E-state index contributed by atoms with van der Waals surface area (Å²) in [7, 11) is -1.61. The molecule has 0 aliphatic carbocycles. The normalized spacial score (nSPS) is 19.4. The van der Waals surface area contributed by atoms with E-state index in [0.29, 0.717) is 19.5 Å². The second-order valence-electron chi connectivity index (χ2n) is 5.94. The number of rotatable bonds is 7. The fraction of sp³-hybridized carbons (Fsp3) is 0.562. The first-order chi connectivity index (χ1) is 11.3. The summed E-state index contributed by atoms with van der Waals surface area (Å²) < 4.78 is 41.5. The van der Waals surface area contributed by atoms with Crippen molar-refractivity contribution in [3.05, 3.63) is 29.6 Å². The number of amides is 1. The summed E-state index contributed by atoms with van der Waals surface area (Å²) in [6.45, 7) is 3.09. The van der Waals surface area contributed by atoms with Crippen LogP contribution in [0.25, 0.3) is 0 Å². The van der Waals surface area contributed by atoms with Crippen molar-refractivity contribution in [2.24, 2.45) is 0 Å². The quantitative estimate of drug-likeness (QED) is 0.786. The zero-order valence-corrected chi connectivity index (χ0v) is 14.7. The minimum absolute atomic E-state index is 0.00849. The zero-order chi connectivity index (χ0) is 17.7. The van der Waals surface area contributed by atoms with Gasteiger partial charge in [0.2, 0.25) is 5.91 Å². The molecule has 1 unspecified atom stereocenters. The number of likely N-dealkylation sites (N-methyl/N-ethyl adjacent to an activating group) is 1. The van der Waals surface area contributed by atoms with Gasteiger partial charge in [-0.1, -0.05) is 13.0 Å². The topological polar surface area (TPSA) is 75.7 Å². The van der Waals surface area contributed by atoms with Gasteiger partial charge in [-0.05, 0) is 30.7 Å². The lowest BCUT2D eigenvalue weighted by atomic mass is 10.2. The molecule has 1 atom stereocenters. The maximum atomic E-state index is 13.7. The van der Waals surface area contributed by atoms with Gasteiger partial charge in [-0.2, -0.15) is 0 Å². The molecule has 24 heavy (non-hydrogen) atoms. The van der Waals surface area contributed by atoms with E-state index in [0.717, 1.165) is 5.56 Å². The average molecular weight is 358 g/mol. The van der Waals surface area contributed by atoms with Crippen molar-refractivity contribution in [3.63, 3.8) is 0 Å². The zero-order valence-electron chi connectivity index (χ0n) is 13.9. The third-order valence-electron chi connectivity index (χ3n) is 4.03. The molecule has 134 valence electrons. The molecule has 1 fully saturated rings. The van der Waals surface area contributed by atoms with Gasteiger partial charge in [0.25, 0.3) is 0 Å². The van der Waals surface area contributed by atoms with Crippen LogP contribution in [0.5, 0.6) is 5.75 Å². The van der Waals surface area contributed by atoms with Gasteiger partial charge >= 0.3 is 0 Å². The van der Waals surface area contributed by atoms with E-state index in [1.165, 1.54) is 13.2 Å². The first-order valence-corrected chi connectivity index (χ1v) is 9.69. The Morgan fingerprint density at radius 1 is 1.46 bits per heavy atom. The molecular formula is C16H23FN2O4S. The number of nitrogens with one attached hydrogen (secondary N) is 1. The molecule has 0 bridgehead atoms. The molecular weight excluding hydrogens is 335 g/mol. The molecule has 0 spiro atoms. The Morgan fingerprint density at radius 2 is 2.21 bits per heavy atom. The van der Waals surface area contributed by atoms with Crippen molar-refractivity contribution in [2.45, 2.75) is 25.9 Å². The summed E-state index contributed by atoms with van der Waals surface area (Å²) in [4.78, 5) is 14.0. The van der Waals surface area contributed by atoms with E-state index in [1.54, 1.807) is 12.1 Å². The summed E-state index contributed by atoms with van der Waals surface area (Å²) in [5.74, 6) is -0.337. The lowest BCUT2D eigenvalue weighted by Crippen LogP contribution is -2.42. The molecule has 1 amide bonds. The highest BCUT2D eigenvalue weighted by Gasteiger charge is 2.29. The van der Waals surface area contributed by atoms with Crippen LogP contribution < -0.4 is 10.1 Å². The summed E-state index contributed by atoms with van der Waals surface area (Å²) >= 11 is 0. The van der Waals surface area contributed by atoms with E-state index in [1.807, 2.05) is 11.8 Å². The van der Waals surface area contributed by atoms with Crippen LogP contribution in [0.1, 0.15) is 18.9 Å². The molecule has 0 saturated carbocycles. The third kappa shape index (κ3) is 5.17. The maximum Gasteiger partial charge on any atom is 0.234 e. The minimum atomic E-state index is -3.02. The Balaban J connectivity index is 1.89. The van der Waals surface area contributed by atoms with Gasteiger partial charge in [0.05, 0.1) is 25.2 Å². The molecule has 0 radical (unpaired) electrons. The Hall–Kier alpha value is -1.67. The number of benzene rings is 1. The number of methoxy groups -OCH3 is 1. The molecule has 2 rings (SSSR count). The average Bonchev–Trinajstić information content (AvgIpc) is 2.85. The van der Waals surface area contributed by atoms with Crippen LogP contribution in [-0.4, -0.2) is 57.0 Å². The third-order valence-corrected chi connectivity index (χ3v) is 5.80. The van der Waals surface area contributed by atoms with Crippen LogP contribution in [0.2, 0.25) is 0 Å². The number of hydrogen-bond acceptors (Lipinski definition) is 5. The number of ether oxygens (including phenoxy) is 1. The standard InChI is InChI=1S/C16H23FN2O4S/c1-3-19(9-12-4-5-15(23-2)14(17)8-12)10-16(20)18-13-6-7-24(21,22)11-13/h4-5,8,13H,3,6-7,9-11H2,1-2H3,(H,18,20). The van der Waals surface area contributed by atoms with Crippen LogP contribution >= 0.6 is 0 Å². The number of sulfone groups is 1. The van der Waals surface area contributed by atoms with E-state index < -0.39 is 15.7 Å². The van der Waals surface area contributed by atoms with Crippen molar-refractivity contribution < 1.29 is 22.3 Å². The van der Waals surface area contributed by atoms with Crippen molar-refractivity contribution in [2.75, 3.05) is 31.7 Å². The van der Waals surface area contributed by atoms with Gasteiger partial charge in [-0.3, -0.25) is 9.69 Å². The highest BCUT2D eigenvalue weighted by molar-refractivity contribution is 7.91. The molecule has 1 aliphatic heterocycles. The second kappa shape index (κ2) is 7.94. The Labute approximate surface area is 141 Å². The largest absolute Gasteiger partial charge is 0.494 e. The minimum Gasteiger partial charge on any atom is -0.494 e. The fourth-order valence-electron chi connectivity index (χ4n) is 2.73. The van der Waals surface area contributed by atoms with E-state index in [9.17, 15) is 17.6 Å². The highest BCUT2D eigenvalue weighted by Crippen LogP contribution is 2.18. The molecule has 1 saturated heterocycles. The number of halogens is 1. The smallest absolute Gasteiger partial charge is 0.234 e. The van der Waals surface area contributed by atoms with Crippen LogP contribution in [0.4, 0.5) is 4.39 Å². The molecule has 1 aromatic carbocycles. The van der Waals surface area contributed by atoms with Gasteiger partial charge in [-0.25, -0.2) is 12.8 Å². The molecule has 1 heterocycles. The number of nitrogens with zero attached hydrogens (tertiary/aromatic N) is 1. The first kappa shape index (κ1) is 18.7. The van der Waals surface area contributed by atoms with Crippen molar-refractivity contribution in [1.82, 2.24) is 10.2 Å². The Morgan fingerprint density at radius 3 is 2.75 bits per heavy atom. The number of carbonyl (C=O) groups excluding carboxylic acids is 1. The molecule has 1 N–H and O–H groups in total. The van der Waals surface area contributed by atoms with E-state index in [-0.39, 0.29) is 35.7 Å². The lowest BCUT2D eigenvalue weighted by molar-refractivity contribution is -0.122. The number of carbonyl (C=O) groups is 1. The maximum absolute atomic E-state index is 13.7. The Bertz CT molecular complexity index is 693. The summed E-state index contributed by atoms with van der Waals surface area (Å²) in [5, 5.41) is 2.76. The summed E-state index contributed by atoms with van der Waals surface area (Å²) in [6.07, 6.45) is 0.462. The van der Waals surface area contributed by atoms with Gasteiger partial charge in [0.1, 0.15) is 0 Å². The van der Waals surface area contributed by atoms with Crippen LogP contribution in [0.3, 0.4) is 0 Å². The molecule has 8 heteroatoms. The fourth-order valence-corrected chi connectivity index (χ4v) is 4.40. The van der Waals surface area contributed by atoms with E-state index in [4.69, 9.17) is 4.74 Å². The van der Waals surface area contributed by atoms with Crippen LogP contribution in [0.15, 0.2) is 18.2 Å². The van der Waals surface area contributed by atoms with Gasteiger partial charge in [0.15, 0.2) is 21.4 Å². The molecule has 1 aromatic rings. The van der Waals surface area contributed by atoms with Gasteiger partial charge in [0, 0.05) is 12.6 Å². The molecule has 1 aliphatic rings. The monoisotopic (exact) mass is 358 g/mol. The lowest BCUT2D eigenvalue weighted by Gasteiger charge is -2.21. The summed E-state index contributed by atoms with van der Waals surface area (Å²) in [6, 6.07) is 4.40. The predicted octanol–water partition coefficient (Wildman–Crippen LogP) is 0.960. The van der Waals surface area contributed by atoms with Crippen LogP contribution in [0, 0.1) is 5.82 Å². The van der Waals surface area contributed by atoms with Crippen molar-refractivity contribution >= 4 is 15.7 Å². The SMILES string of the molecule is CCN(CC(=O)NC1CCS(=O)(=O)C1)Cc1ccc(OC)c(F)c1. The van der Waals surface area contributed by atoms with Crippen LogP contribution in [-0.2, 0) is 21.2 Å². The van der Waals surface area contributed by atoms with Gasteiger partial charge in [-0.15, -0.1) is 0 Å².